The molecule has 0 spiro atoms. The van der Waals surface area contributed by atoms with E-state index in [-0.39, 0.29) is 11.8 Å². The standard InChI is InChI=1S/C5H7NO2.C5H12/c7-4-2-1-3-5(8)6-4;1-5(2,3)4/h1-3H2,(H,6,7,8);1-4H3. The molecule has 0 aliphatic carbocycles. The molecule has 1 rings (SSSR count). The first kappa shape index (κ1) is 12.1. The molecule has 1 aliphatic rings. The van der Waals surface area contributed by atoms with E-state index in [2.05, 4.69) is 33.0 Å². The van der Waals surface area contributed by atoms with Gasteiger partial charge in [0, 0.05) is 12.8 Å². The highest BCUT2D eigenvalue weighted by Crippen LogP contribution is 2.08. The smallest absolute Gasteiger partial charge is 0.226 e. The molecule has 1 fully saturated rings. The minimum atomic E-state index is -0.138. The minimum Gasteiger partial charge on any atom is -0.296 e. The van der Waals surface area contributed by atoms with Gasteiger partial charge in [-0.05, 0) is 11.8 Å². The first-order valence-corrected chi connectivity index (χ1v) is 4.62. The summed E-state index contributed by atoms with van der Waals surface area (Å²) < 4.78 is 0. The summed E-state index contributed by atoms with van der Waals surface area (Å²) >= 11 is 0. The molecule has 3 nitrogen and oxygen atoms in total. The first-order valence-electron chi connectivity index (χ1n) is 4.62. The summed E-state index contributed by atoms with van der Waals surface area (Å²) in [5.74, 6) is -0.275. The molecule has 1 N–H and O–H groups in total. The highest BCUT2D eigenvalue weighted by atomic mass is 16.2. The van der Waals surface area contributed by atoms with Crippen LogP contribution in [-0.4, -0.2) is 11.8 Å². The van der Waals surface area contributed by atoms with Gasteiger partial charge in [-0.1, -0.05) is 27.7 Å². The Balaban J connectivity index is 0.000000252. The van der Waals surface area contributed by atoms with Crippen molar-refractivity contribution in [2.75, 3.05) is 0 Å². The number of amides is 2. The molecule has 0 saturated carbocycles. The van der Waals surface area contributed by atoms with Gasteiger partial charge < -0.3 is 0 Å². The third-order valence-corrected chi connectivity index (χ3v) is 1.09. The Morgan fingerprint density at radius 2 is 1.31 bits per heavy atom. The Kier molecular flexibility index (Phi) is 4.67. The molecule has 0 atom stereocenters. The van der Waals surface area contributed by atoms with E-state index < -0.39 is 0 Å². The number of hydrogen-bond donors (Lipinski definition) is 1. The van der Waals surface area contributed by atoms with Gasteiger partial charge in [-0.3, -0.25) is 14.9 Å². The normalized spacial score (nSPS) is 17.2. The highest BCUT2D eigenvalue weighted by molar-refractivity contribution is 5.97. The van der Waals surface area contributed by atoms with Crippen LogP contribution in [0.1, 0.15) is 47.0 Å². The van der Waals surface area contributed by atoms with Crippen LogP contribution in [0.3, 0.4) is 0 Å². The maximum atomic E-state index is 10.3. The number of carbonyl (C=O) groups excluding carboxylic acids is 2. The van der Waals surface area contributed by atoms with E-state index in [0.717, 1.165) is 0 Å². The van der Waals surface area contributed by atoms with E-state index in [0.29, 0.717) is 24.7 Å². The van der Waals surface area contributed by atoms with Crippen LogP contribution in [-0.2, 0) is 9.59 Å². The lowest BCUT2D eigenvalue weighted by atomic mass is 10.0. The molecule has 0 aromatic carbocycles. The Morgan fingerprint density at radius 3 is 1.46 bits per heavy atom. The van der Waals surface area contributed by atoms with E-state index in [1.807, 2.05) is 0 Å². The van der Waals surface area contributed by atoms with Crippen molar-refractivity contribution in [1.29, 1.82) is 0 Å². The number of hydrogen-bond acceptors (Lipinski definition) is 2. The van der Waals surface area contributed by atoms with Gasteiger partial charge in [0.1, 0.15) is 0 Å². The average molecular weight is 185 g/mol. The van der Waals surface area contributed by atoms with Crippen molar-refractivity contribution in [3.8, 4) is 0 Å². The average Bonchev–Trinajstić information content (AvgIpc) is 1.81. The first-order chi connectivity index (χ1) is 5.79. The van der Waals surface area contributed by atoms with Gasteiger partial charge in [0.2, 0.25) is 11.8 Å². The van der Waals surface area contributed by atoms with Crippen molar-refractivity contribution < 1.29 is 9.59 Å². The van der Waals surface area contributed by atoms with Crippen LogP contribution >= 0.6 is 0 Å². The Labute approximate surface area is 79.9 Å². The van der Waals surface area contributed by atoms with Crippen LogP contribution in [0.2, 0.25) is 0 Å². The number of imide groups is 1. The lowest BCUT2D eigenvalue weighted by Gasteiger charge is -2.07. The Morgan fingerprint density at radius 1 is 1.00 bits per heavy atom. The quantitative estimate of drug-likeness (QED) is 0.585. The number of nitrogens with one attached hydrogen (secondary N) is 1. The predicted molar refractivity (Wildman–Crippen MR) is 52.1 cm³/mol. The molecule has 1 aliphatic heterocycles. The predicted octanol–water partition coefficient (Wildman–Crippen LogP) is 1.87. The number of carbonyl (C=O) groups is 2. The summed E-state index contributed by atoms with van der Waals surface area (Å²) in [4.78, 5) is 20.7. The van der Waals surface area contributed by atoms with E-state index in [1.54, 1.807) is 0 Å². The van der Waals surface area contributed by atoms with E-state index in [9.17, 15) is 9.59 Å². The molecule has 0 radical (unpaired) electrons. The molecule has 13 heavy (non-hydrogen) atoms. The topological polar surface area (TPSA) is 46.2 Å². The molecular formula is C10H19NO2. The highest BCUT2D eigenvalue weighted by Gasteiger charge is 2.12. The van der Waals surface area contributed by atoms with Gasteiger partial charge in [-0.25, -0.2) is 0 Å². The second kappa shape index (κ2) is 5.00. The fourth-order valence-electron chi connectivity index (χ4n) is 0.690. The molecule has 0 unspecified atom stereocenters. The zero-order valence-corrected chi connectivity index (χ0v) is 8.94. The van der Waals surface area contributed by atoms with Gasteiger partial charge >= 0.3 is 0 Å². The maximum Gasteiger partial charge on any atom is 0.226 e. The summed E-state index contributed by atoms with van der Waals surface area (Å²) in [5, 5.41) is 2.20. The van der Waals surface area contributed by atoms with Crippen LogP contribution in [0.25, 0.3) is 0 Å². The second-order valence-electron chi connectivity index (χ2n) is 4.82. The van der Waals surface area contributed by atoms with E-state index in [1.165, 1.54) is 0 Å². The second-order valence-corrected chi connectivity index (χ2v) is 4.82. The molecule has 76 valence electrons. The molecule has 3 heteroatoms. The minimum absolute atomic E-state index is 0.138. The van der Waals surface area contributed by atoms with Gasteiger partial charge in [0.05, 0.1) is 0 Å². The molecule has 0 aromatic rings. The van der Waals surface area contributed by atoms with Crippen LogP contribution in [0.15, 0.2) is 0 Å². The third-order valence-electron chi connectivity index (χ3n) is 1.09. The van der Waals surface area contributed by atoms with Crippen molar-refractivity contribution in [3.63, 3.8) is 0 Å². The van der Waals surface area contributed by atoms with Gasteiger partial charge in [0.15, 0.2) is 0 Å². The van der Waals surface area contributed by atoms with Crippen molar-refractivity contribution in [2.45, 2.75) is 47.0 Å². The summed E-state index contributed by atoms with van der Waals surface area (Å²) in [5.41, 5.74) is 0.500. The lowest BCUT2D eigenvalue weighted by molar-refractivity contribution is -0.132. The summed E-state index contributed by atoms with van der Waals surface area (Å²) in [7, 11) is 0. The Bertz CT molecular complexity index is 172. The third kappa shape index (κ3) is 11.1. The van der Waals surface area contributed by atoms with E-state index >= 15 is 0 Å². The van der Waals surface area contributed by atoms with Crippen molar-refractivity contribution in [2.24, 2.45) is 5.41 Å². The lowest BCUT2D eigenvalue weighted by Crippen LogP contribution is -2.33. The van der Waals surface area contributed by atoms with Crippen molar-refractivity contribution >= 4 is 11.8 Å². The zero-order valence-electron chi connectivity index (χ0n) is 8.94. The summed E-state index contributed by atoms with van der Waals surface area (Å²) in [6, 6.07) is 0. The van der Waals surface area contributed by atoms with Crippen LogP contribution < -0.4 is 5.32 Å². The van der Waals surface area contributed by atoms with Crippen molar-refractivity contribution in [1.82, 2.24) is 5.32 Å². The molecule has 0 bridgehead atoms. The zero-order chi connectivity index (χ0) is 10.5. The maximum absolute atomic E-state index is 10.3. The summed E-state index contributed by atoms with van der Waals surface area (Å²) in [6.07, 6.45) is 1.72. The molecule has 2 amide bonds. The fraction of sp³-hybridized carbons (Fsp3) is 0.800. The van der Waals surface area contributed by atoms with E-state index in [4.69, 9.17) is 0 Å². The molecular weight excluding hydrogens is 166 g/mol. The van der Waals surface area contributed by atoms with Crippen LogP contribution in [0.5, 0.6) is 0 Å². The fourth-order valence-corrected chi connectivity index (χ4v) is 0.690. The molecule has 1 saturated heterocycles. The van der Waals surface area contributed by atoms with Crippen LogP contribution in [0.4, 0.5) is 0 Å². The largest absolute Gasteiger partial charge is 0.296 e. The SMILES string of the molecule is CC(C)(C)C.O=C1CCCC(=O)N1. The summed E-state index contributed by atoms with van der Waals surface area (Å²) in [6.45, 7) is 8.75. The van der Waals surface area contributed by atoms with Gasteiger partial charge in [-0.2, -0.15) is 0 Å². The van der Waals surface area contributed by atoms with Gasteiger partial charge in [-0.15, -0.1) is 0 Å². The van der Waals surface area contributed by atoms with Crippen molar-refractivity contribution in [3.05, 3.63) is 0 Å². The van der Waals surface area contributed by atoms with Crippen LogP contribution in [0, 0.1) is 5.41 Å². The monoisotopic (exact) mass is 185 g/mol. The number of piperidine rings is 1. The Hall–Kier alpha value is -0.860. The molecule has 0 aromatic heterocycles. The number of rotatable bonds is 0. The molecule has 1 heterocycles. The van der Waals surface area contributed by atoms with Gasteiger partial charge in [0.25, 0.3) is 0 Å².